The number of esters is 1. The second-order valence-corrected chi connectivity index (χ2v) is 3.58. The molecule has 3 nitrogen and oxygen atoms in total. The first kappa shape index (κ1) is 12.3. The molecule has 1 aromatic rings. The van der Waals surface area contributed by atoms with Crippen molar-refractivity contribution in [1.82, 2.24) is 0 Å². The summed E-state index contributed by atoms with van der Waals surface area (Å²) in [6.45, 7) is 2.08. The van der Waals surface area contributed by atoms with E-state index in [4.69, 9.17) is 5.26 Å². The maximum atomic E-state index is 11.2. The summed E-state index contributed by atoms with van der Waals surface area (Å²) in [5, 5.41) is 8.84. The number of hydrogen-bond donors (Lipinski definition) is 0. The zero-order valence-electron chi connectivity index (χ0n) is 9.56. The minimum atomic E-state index is -0.711. The highest BCUT2D eigenvalue weighted by molar-refractivity contribution is 5.75. The van der Waals surface area contributed by atoms with Crippen LogP contribution in [-0.2, 0) is 22.4 Å². The number of nitriles is 1. The van der Waals surface area contributed by atoms with Crippen LogP contribution < -0.4 is 0 Å². The van der Waals surface area contributed by atoms with Crippen LogP contribution in [0.2, 0.25) is 0 Å². The Morgan fingerprint density at radius 2 is 1.94 bits per heavy atom. The first-order valence-corrected chi connectivity index (χ1v) is 5.26. The number of nitrogens with zero attached hydrogens (tertiary/aromatic N) is 1. The third kappa shape index (κ3) is 3.09. The fraction of sp³-hybridized carbons (Fsp3) is 0.385. The van der Waals surface area contributed by atoms with Crippen LogP contribution in [0.3, 0.4) is 0 Å². The molecule has 0 N–H and O–H groups in total. The Balaban J connectivity index is 2.71. The molecule has 0 bridgehead atoms. The van der Waals surface area contributed by atoms with E-state index in [0.717, 1.165) is 12.0 Å². The van der Waals surface area contributed by atoms with Crippen LogP contribution >= 0.6 is 0 Å². The normalized spacial score (nSPS) is 11.6. The van der Waals surface area contributed by atoms with Crippen molar-refractivity contribution in [2.75, 3.05) is 7.11 Å². The molecule has 0 saturated heterocycles. The second kappa shape index (κ2) is 5.92. The predicted molar refractivity (Wildman–Crippen MR) is 60.6 cm³/mol. The minimum absolute atomic E-state index is 0.410. The maximum absolute atomic E-state index is 11.2. The molecule has 0 amide bonds. The van der Waals surface area contributed by atoms with Gasteiger partial charge in [-0.3, -0.25) is 4.79 Å². The van der Waals surface area contributed by atoms with Crippen molar-refractivity contribution < 1.29 is 9.53 Å². The Labute approximate surface area is 95.7 Å². The van der Waals surface area contributed by atoms with Gasteiger partial charge in [0, 0.05) is 0 Å². The van der Waals surface area contributed by atoms with Crippen molar-refractivity contribution in [3.63, 3.8) is 0 Å². The largest absolute Gasteiger partial charge is 0.468 e. The molecular formula is C13H15NO2. The van der Waals surface area contributed by atoms with Crippen LogP contribution in [0.15, 0.2) is 24.3 Å². The Morgan fingerprint density at radius 3 is 2.38 bits per heavy atom. The molecule has 1 unspecified atom stereocenters. The van der Waals surface area contributed by atoms with Gasteiger partial charge in [-0.1, -0.05) is 31.2 Å². The monoisotopic (exact) mass is 217 g/mol. The highest BCUT2D eigenvalue weighted by atomic mass is 16.5. The van der Waals surface area contributed by atoms with Crippen LogP contribution in [0.1, 0.15) is 18.1 Å². The lowest BCUT2D eigenvalue weighted by Gasteiger charge is -2.07. The van der Waals surface area contributed by atoms with Crippen molar-refractivity contribution in [2.24, 2.45) is 5.92 Å². The van der Waals surface area contributed by atoms with E-state index in [2.05, 4.69) is 11.7 Å². The molecule has 0 saturated carbocycles. The van der Waals surface area contributed by atoms with Crippen LogP contribution in [0.25, 0.3) is 0 Å². The molecule has 1 atom stereocenters. The zero-order valence-corrected chi connectivity index (χ0v) is 9.56. The smallest absolute Gasteiger partial charge is 0.323 e. The molecule has 0 aliphatic rings. The van der Waals surface area contributed by atoms with Crippen LogP contribution in [0, 0.1) is 17.2 Å². The third-order valence-electron chi connectivity index (χ3n) is 2.51. The van der Waals surface area contributed by atoms with Gasteiger partial charge in [-0.15, -0.1) is 0 Å². The number of hydrogen-bond acceptors (Lipinski definition) is 3. The van der Waals surface area contributed by atoms with Crippen molar-refractivity contribution in [2.45, 2.75) is 19.8 Å². The fourth-order valence-electron chi connectivity index (χ4n) is 1.47. The predicted octanol–water partition coefficient (Wildman–Crippen LogP) is 2.10. The Hall–Kier alpha value is -1.82. The summed E-state index contributed by atoms with van der Waals surface area (Å²) in [6.07, 6.45) is 1.39. The van der Waals surface area contributed by atoms with Crippen molar-refractivity contribution in [1.29, 1.82) is 5.26 Å². The fourth-order valence-corrected chi connectivity index (χ4v) is 1.47. The molecule has 1 aromatic carbocycles. The Morgan fingerprint density at radius 1 is 1.38 bits per heavy atom. The summed E-state index contributed by atoms with van der Waals surface area (Å²) in [4.78, 5) is 11.2. The molecule has 0 heterocycles. The molecular weight excluding hydrogens is 202 g/mol. The lowest BCUT2D eigenvalue weighted by Crippen LogP contribution is -2.16. The summed E-state index contributed by atoms with van der Waals surface area (Å²) in [6, 6.07) is 9.89. The number of benzene rings is 1. The van der Waals surface area contributed by atoms with E-state index in [1.807, 2.05) is 30.3 Å². The molecule has 0 spiro atoms. The van der Waals surface area contributed by atoms with Gasteiger partial charge in [0.25, 0.3) is 0 Å². The van der Waals surface area contributed by atoms with E-state index < -0.39 is 11.9 Å². The molecule has 0 aliphatic carbocycles. The molecule has 0 radical (unpaired) electrons. The topological polar surface area (TPSA) is 50.1 Å². The number of carbonyl (C=O) groups excluding carboxylic acids is 1. The first-order chi connectivity index (χ1) is 7.71. The number of rotatable bonds is 4. The van der Waals surface area contributed by atoms with Gasteiger partial charge in [-0.25, -0.2) is 0 Å². The van der Waals surface area contributed by atoms with E-state index in [9.17, 15) is 4.79 Å². The lowest BCUT2D eigenvalue weighted by atomic mass is 9.99. The van der Waals surface area contributed by atoms with E-state index in [1.165, 1.54) is 12.7 Å². The average molecular weight is 217 g/mol. The van der Waals surface area contributed by atoms with Gasteiger partial charge in [0.2, 0.25) is 0 Å². The third-order valence-corrected chi connectivity index (χ3v) is 2.51. The van der Waals surface area contributed by atoms with Crippen LogP contribution in [-0.4, -0.2) is 13.1 Å². The summed E-state index contributed by atoms with van der Waals surface area (Å²) >= 11 is 0. The molecule has 3 heteroatoms. The average Bonchev–Trinajstić information content (AvgIpc) is 2.35. The SMILES string of the molecule is CCc1ccc(CC(C#N)C(=O)OC)cc1. The quantitative estimate of drug-likeness (QED) is 0.726. The van der Waals surface area contributed by atoms with E-state index >= 15 is 0 Å². The minimum Gasteiger partial charge on any atom is -0.468 e. The van der Waals surface area contributed by atoms with E-state index in [1.54, 1.807) is 0 Å². The van der Waals surface area contributed by atoms with E-state index in [-0.39, 0.29) is 0 Å². The highest BCUT2D eigenvalue weighted by Gasteiger charge is 2.18. The van der Waals surface area contributed by atoms with Gasteiger partial charge in [-0.2, -0.15) is 5.26 Å². The van der Waals surface area contributed by atoms with Crippen LogP contribution in [0.5, 0.6) is 0 Å². The highest BCUT2D eigenvalue weighted by Crippen LogP contribution is 2.11. The molecule has 84 valence electrons. The molecule has 0 fully saturated rings. The summed E-state index contributed by atoms with van der Waals surface area (Å²) in [5.74, 6) is -1.18. The van der Waals surface area contributed by atoms with Gasteiger partial charge in [0.1, 0.15) is 5.92 Å². The van der Waals surface area contributed by atoms with Gasteiger partial charge < -0.3 is 4.74 Å². The summed E-state index contributed by atoms with van der Waals surface area (Å²) < 4.78 is 4.56. The number of carbonyl (C=O) groups is 1. The summed E-state index contributed by atoms with van der Waals surface area (Å²) in [5.41, 5.74) is 2.23. The van der Waals surface area contributed by atoms with Gasteiger partial charge >= 0.3 is 5.97 Å². The van der Waals surface area contributed by atoms with Crippen molar-refractivity contribution >= 4 is 5.97 Å². The molecule has 0 aliphatic heterocycles. The maximum Gasteiger partial charge on any atom is 0.323 e. The number of aryl methyl sites for hydroxylation is 1. The van der Waals surface area contributed by atoms with E-state index in [0.29, 0.717) is 6.42 Å². The number of ether oxygens (including phenoxy) is 1. The van der Waals surface area contributed by atoms with Crippen molar-refractivity contribution in [3.05, 3.63) is 35.4 Å². The first-order valence-electron chi connectivity index (χ1n) is 5.26. The standard InChI is InChI=1S/C13H15NO2/c1-3-10-4-6-11(7-5-10)8-12(9-14)13(15)16-2/h4-7,12H,3,8H2,1-2H3. The van der Waals surface area contributed by atoms with Crippen molar-refractivity contribution in [3.8, 4) is 6.07 Å². The molecule has 1 rings (SSSR count). The van der Waals surface area contributed by atoms with Crippen LogP contribution in [0.4, 0.5) is 0 Å². The Bertz CT molecular complexity index is 389. The molecule has 0 aromatic heterocycles. The van der Waals surface area contributed by atoms with Gasteiger partial charge in [0.15, 0.2) is 0 Å². The lowest BCUT2D eigenvalue weighted by molar-refractivity contribution is -0.143. The zero-order chi connectivity index (χ0) is 12.0. The number of methoxy groups -OCH3 is 1. The van der Waals surface area contributed by atoms with Gasteiger partial charge in [-0.05, 0) is 24.0 Å². The van der Waals surface area contributed by atoms with Gasteiger partial charge in [0.05, 0.1) is 13.2 Å². The molecule has 16 heavy (non-hydrogen) atoms. The second-order valence-electron chi connectivity index (χ2n) is 3.58. The summed E-state index contributed by atoms with van der Waals surface area (Å²) in [7, 11) is 1.30. The Kier molecular flexibility index (Phi) is 4.53.